The SMILES string of the molecule is CCCc1c(Cc2ccc(-c3ccccc3)c(C3=NNC(=O)C3)c2)c(=O)n(C2CCC(NC3CCOC(C)C3)CC2)c2ncnn12. The first kappa shape index (κ1) is 30.5. The molecular formula is C36H43N7O3. The molecule has 1 saturated heterocycles. The van der Waals surface area contributed by atoms with Gasteiger partial charge in [-0.3, -0.25) is 14.2 Å². The fourth-order valence-corrected chi connectivity index (χ4v) is 7.59. The van der Waals surface area contributed by atoms with Gasteiger partial charge in [0, 0.05) is 42.3 Å². The van der Waals surface area contributed by atoms with E-state index in [4.69, 9.17) is 4.74 Å². The Kier molecular flexibility index (Phi) is 8.82. The average molecular weight is 622 g/mol. The molecule has 1 aliphatic carbocycles. The van der Waals surface area contributed by atoms with Gasteiger partial charge in [-0.15, -0.1) is 0 Å². The molecule has 4 aromatic rings. The molecule has 0 radical (unpaired) electrons. The van der Waals surface area contributed by atoms with Gasteiger partial charge in [0.1, 0.15) is 6.33 Å². The first-order valence-electron chi connectivity index (χ1n) is 16.9. The van der Waals surface area contributed by atoms with Gasteiger partial charge in [0.15, 0.2) is 0 Å². The molecular weight excluding hydrogens is 578 g/mol. The first-order chi connectivity index (χ1) is 22.5. The topological polar surface area (TPSA) is 115 Å². The molecule has 240 valence electrons. The predicted octanol–water partition coefficient (Wildman–Crippen LogP) is 4.97. The lowest BCUT2D eigenvalue weighted by atomic mass is 9.89. The number of benzene rings is 2. The summed E-state index contributed by atoms with van der Waals surface area (Å²) in [7, 11) is 0. The maximum atomic E-state index is 14.6. The van der Waals surface area contributed by atoms with Crippen LogP contribution in [0.1, 0.15) is 93.6 Å². The van der Waals surface area contributed by atoms with Crippen molar-refractivity contribution >= 4 is 17.4 Å². The average Bonchev–Trinajstić information content (AvgIpc) is 3.73. The molecule has 2 N–H and O–H groups in total. The lowest BCUT2D eigenvalue weighted by molar-refractivity contribution is -0.119. The second-order valence-corrected chi connectivity index (χ2v) is 13.1. The van der Waals surface area contributed by atoms with Gasteiger partial charge in [0.25, 0.3) is 5.56 Å². The Morgan fingerprint density at radius 1 is 1.00 bits per heavy atom. The molecule has 7 rings (SSSR count). The molecule has 2 aromatic carbocycles. The van der Waals surface area contributed by atoms with E-state index in [1.807, 2.05) is 27.3 Å². The highest BCUT2D eigenvalue weighted by Crippen LogP contribution is 2.32. The van der Waals surface area contributed by atoms with Crippen LogP contribution in [0, 0.1) is 0 Å². The number of carbonyl (C=O) groups is 1. The van der Waals surface area contributed by atoms with Crippen molar-refractivity contribution < 1.29 is 9.53 Å². The largest absolute Gasteiger partial charge is 0.378 e. The number of hydrazone groups is 1. The molecule has 2 aliphatic heterocycles. The molecule has 3 aliphatic rings. The van der Waals surface area contributed by atoms with Gasteiger partial charge in [0.05, 0.1) is 23.9 Å². The molecule has 10 nitrogen and oxygen atoms in total. The smallest absolute Gasteiger partial charge is 0.259 e. The lowest BCUT2D eigenvalue weighted by Gasteiger charge is -2.35. The number of aromatic nitrogens is 4. The minimum atomic E-state index is -0.114. The number of ether oxygens (including phenoxy) is 1. The van der Waals surface area contributed by atoms with Crippen molar-refractivity contribution in [2.45, 2.75) is 102 Å². The number of carbonyl (C=O) groups excluding carboxylic acids is 1. The number of hydrogen-bond donors (Lipinski definition) is 2. The van der Waals surface area contributed by atoms with Gasteiger partial charge in [-0.25, -0.2) is 9.94 Å². The fourth-order valence-electron chi connectivity index (χ4n) is 7.59. The molecule has 4 heterocycles. The van der Waals surface area contributed by atoms with E-state index in [0.29, 0.717) is 36.1 Å². The molecule has 1 saturated carbocycles. The van der Waals surface area contributed by atoms with Crippen LogP contribution in [0.15, 0.2) is 64.8 Å². The number of nitrogens with one attached hydrogen (secondary N) is 2. The second-order valence-electron chi connectivity index (χ2n) is 13.1. The monoisotopic (exact) mass is 621 g/mol. The van der Waals surface area contributed by atoms with Crippen LogP contribution < -0.4 is 16.3 Å². The maximum absolute atomic E-state index is 14.6. The molecule has 46 heavy (non-hydrogen) atoms. The van der Waals surface area contributed by atoms with Crippen LogP contribution in [0.25, 0.3) is 16.9 Å². The third-order valence-electron chi connectivity index (χ3n) is 9.84. The second kappa shape index (κ2) is 13.3. The van der Waals surface area contributed by atoms with E-state index < -0.39 is 0 Å². The summed E-state index contributed by atoms with van der Waals surface area (Å²) in [5.74, 6) is 0.522. The van der Waals surface area contributed by atoms with Crippen molar-refractivity contribution in [3.8, 4) is 11.1 Å². The van der Waals surface area contributed by atoms with Crippen molar-refractivity contribution in [1.29, 1.82) is 0 Å². The van der Waals surface area contributed by atoms with Crippen molar-refractivity contribution in [2.75, 3.05) is 6.61 Å². The van der Waals surface area contributed by atoms with E-state index >= 15 is 0 Å². The molecule has 2 aromatic heterocycles. The standard InChI is InChI=1S/C36H43N7O3/c1-3-7-33-31(20-24-10-15-29(25-8-5-4-6-9-25)30(19-24)32-21-34(44)41-40-32)35(45)42(36-37-22-38-43(33)36)28-13-11-26(12-14-28)39-27-16-17-46-23(2)18-27/h4-6,8-10,15,19,22-23,26-28,39H,3,7,11-14,16-18,20-21H2,1-2H3,(H,41,44). The van der Waals surface area contributed by atoms with E-state index in [0.717, 1.165) is 91.5 Å². The Balaban J connectivity index is 1.21. The number of rotatable bonds is 9. The molecule has 10 heteroatoms. The van der Waals surface area contributed by atoms with Gasteiger partial charge in [0.2, 0.25) is 11.7 Å². The Hall–Kier alpha value is -4.15. The van der Waals surface area contributed by atoms with Crippen LogP contribution in [0.3, 0.4) is 0 Å². The zero-order valence-corrected chi connectivity index (χ0v) is 26.7. The summed E-state index contributed by atoms with van der Waals surface area (Å²) in [6.07, 6.45) is 10.2. The Morgan fingerprint density at radius 3 is 2.57 bits per heavy atom. The van der Waals surface area contributed by atoms with E-state index in [1.165, 1.54) is 0 Å². The van der Waals surface area contributed by atoms with Gasteiger partial charge < -0.3 is 10.1 Å². The van der Waals surface area contributed by atoms with Crippen molar-refractivity contribution in [1.82, 2.24) is 29.9 Å². The summed E-state index contributed by atoms with van der Waals surface area (Å²) >= 11 is 0. The van der Waals surface area contributed by atoms with Crippen LogP contribution in [-0.2, 0) is 22.4 Å². The molecule has 2 atom stereocenters. The first-order valence-corrected chi connectivity index (χ1v) is 16.9. The Bertz CT molecular complexity index is 1800. The third kappa shape index (κ3) is 6.16. The maximum Gasteiger partial charge on any atom is 0.259 e. The third-order valence-corrected chi connectivity index (χ3v) is 9.84. The summed E-state index contributed by atoms with van der Waals surface area (Å²) < 4.78 is 9.57. The van der Waals surface area contributed by atoms with E-state index in [-0.39, 0.29) is 23.9 Å². The highest BCUT2D eigenvalue weighted by atomic mass is 16.5. The predicted molar refractivity (Wildman–Crippen MR) is 178 cm³/mol. The number of aryl methyl sites for hydroxylation is 1. The fraction of sp³-hybridized carbons (Fsp3) is 0.472. The van der Waals surface area contributed by atoms with Gasteiger partial charge in [-0.1, -0.05) is 55.8 Å². The van der Waals surface area contributed by atoms with E-state index in [1.54, 1.807) is 6.33 Å². The minimum absolute atomic E-state index is 0.0300. The van der Waals surface area contributed by atoms with E-state index in [9.17, 15) is 9.59 Å². The Morgan fingerprint density at radius 2 is 1.83 bits per heavy atom. The van der Waals surface area contributed by atoms with Crippen LogP contribution in [0.2, 0.25) is 0 Å². The summed E-state index contributed by atoms with van der Waals surface area (Å²) in [6.45, 7) is 5.10. The summed E-state index contributed by atoms with van der Waals surface area (Å²) in [5.41, 5.74) is 9.00. The summed E-state index contributed by atoms with van der Waals surface area (Å²) in [5, 5.41) is 12.9. The van der Waals surface area contributed by atoms with Crippen molar-refractivity contribution in [3.05, 3.63) is 87.6 Å². The van der Waals surface area contributed by atoms with Gasteiger partial charge in [-0.2, -0.15) is 15.2 Å². The van der Waals surface area contributed by atoms with Crippen molar-refractivity contribution in [2.24, 2.45) is 5.10 Å². The number of amides is 1. The molecule has 0 bridgehead atoms. The van der Waals surface area contributed by atoms with E-state index in [2.05, 4.69) is 70.1 Å². The van der Waals surface area contributed by atoms with Crippen LogP contribution >= 0.6 is 0 Å². The lowest BCUT2D eigenvalue weighted by Crippen LogP contribution is -2.45. The zero-order valence-electron chi connectivity index (χ0n) is 26.7. The number of fused-ring (bicyclic) bond motifs is 1. The minimum Gasteiger partial charge on any atom is -0.378 e. The van der Waals surface area contributed by atoms with Crippen LogP contribution in [0.5, 0.6) is 0 Å². The van der Waals surface area contributed by atoms with Crippen LogP contribution in [-0.4, -0.2) is 55.6 Å². The highest BCUT2D eigenvalue weighted by Gasteiger charge is 2.30. The number of hydrogen-bond acceptors (Lipinski definition) is 7. The normalized spacial score (nSPS) is 23.4. The number of nitrogens with zero attached hydrogens (tertiary/aromatic N) is 5. The summed E-state index contributed by atoms with van der Waals surface area (Å²) in [4.78, 5) is 31.3. The zero-order chi connectivity index (χ0) is 31.6. The van der Waals surface area contributed by atoms with Crippen LogP contribution in [0.4, 0.5) is 0 Å². The molecule has 0 spiro atoms. The summed E-state index contributed by atoms with van der Waals surface area (Å²) in [6, 6.07) is 17.4. The quantitative estimate of drug-likeness (QED) is 0.273. The van der Waals surface area contributed by atoms with Crippen molar-refractivity contribution in [3.63, 3.8) is 0 Å². The molecule has 2 unspecified atom stereocenters. The highest BCUT2D eigenvalue weighted by molar-refractivity contribution is 6.16. The van der Waals surface area contributed by atoms with Gasteiger partial charge >= 0.3 is 0 Å². The Labute approximate surface area is 269 Å². The van der Waals surface area contributed by atoms with Gasteiger partial charge in [-0.05, 0) is 74.6 Å². The molecule has 1 amide bonds. The molecule has 2 fully saturated rings.